The molecule has 1 nitrogen and oxygen atoms in total. The van der Waals surface area contributed by atoms with Gasteiger partial charge in [-0.25, -0.2) is 17.6 Å². The highest BCUT2D eigenvalue weighted by atomic mass is 19.1. The maximum Gasteiger partial charge on any atom is 0.147 e. The minimum absolute atomic E-state index is 0.0129. The molecule has 2 aromatic rings. The summed E-state index contributed by atoms with van der Waals surface area (Å²) in [5.41, 5.74) is 0.669. The maximum absolute atomic E-state index is 14.5. The first kappa shape index (κ1) is 18.4. The lowest BCUT2D eigenvalue weighted by atomic mass is 9.78. The number of hydrogen-bond acceptors (Lipinski definition) is 1. The van der Waals surface area contributed by atoms with E-state index in [1.807, 2.05) is 6.92 Å². The molecule has 136 valence electrons. The van der Waals surface area contributed by atoms with Gasteiger partial charge in [0.05, 0.1) is 0 Å². The Hall–Kier alpha value is -2.35. The minimum atomic E-state index is -0.930. The number of halogens is 4. The van der Waals surface area contributed by atoms with Crippen molar-refractivity contribution in [1.29, 1.82) is 5.26 Å². The van der Waals surface area contributed by atoms with Crippen molar-refractivity contribution < 1.29 is 17.6 Å². The van der Waals surface area contributed by atoms with Gasteiger partial charge in [0.15, 0.2) is 0 Å². The van der Waals surface area contributed by atoms with Gasteiger partial charge in [0.1, 0.15) is 34.9 Å². The lowest BCUT2D eigenvalue weighted by Crippen LogP contribution is -2.18. The third-order valence-corrected chi connectivity index (χ3v) is 5.10. The summed E-state index contributed by atoms with van der Waals surface area (Å²) in [5.74, 6) is -3.45. The van der Waals surface area contributed by atoms with Crippen LogP contribution in [-0.2, 0) is 19.3 Å². The lowest BCUT2D eigenvalue weighted by Gasteiger charge is -2.26. The molecular formula is C21H19F4N. The molecule has 0 amide bonds. The number of unbranched alkanes of at least 4 members (excludes halogenated alkanes) is 1. The topological polar surface area (TPSA) is 23.8 Å². The zero-order valence-corrected chi connectivity index (χ0v) is 14.5. The van der Waals surface area contributed by atoms with Gasteiger partial charge in [-0.15, -0.1) is 0 Å². The molecule has 0 heterocycles. The Labute approximate surface area is 150 Å². The van der Waals surface area contributed by atoms with Crippen molar-refractivity contribution in [3.8, 4) is 6.07 Å². The number of nitriles is 1. The summed E-state index contributed by atoms with van der Waals surface area (Å²) in [6.07, 6.45) is 3.13. The molecular weight excluding hydrogens is 342 g/mol. The van der Waals surface area contributed by atoms with Crippen LogP contribution in [0.4, 0.5) is 17.6 Å². The second-order valence-corrected chi connectivity index (χ2v) is 6.81. The number of fused-ring (bicyclic) bond motifs is 1. The van der Waals surface area contributed by atoms with Crippen LogP contribution >= 0.6 is 0 Å². The van der Waals surface area contributed by atoms with E-state index in [9.17, 15) is 17.6 Å². The summed E-state index contributed by atoms with van der Waals surface area (Å²) in [6.45, 7) is 2.01. The molecule has 1 unspecified atom stereocenters. The van der Waals surface area contributed by atoms with Crippen LogP contribution in [0.25, 0.3) is 0 Å². The van der Waals surface area contributed by atoms with Gasteiger partial charge in [0.2, 0.25) is 0 Å². The number of nitrogens with zero attached hydrogens (tertiary/aromatic N) is 1. The monoisotopic (exact) mass is 361 g/mol. The fourth-order valence-electron chi connectivity index (χ4n) is 3.75. The second kappa shape index (κ2) is 7.49. The van der Waals surface area contributed by atoms with Crippen LogP contribution in [-0.4, -0.2) is 0 Å². The smallest absolute Gasteiger partial charge is 0.147 e. The Balaban J connectivity index is 1.93. The Morgan fingerprint density at radius 3 is 2.38 bits per heavy atom. The van der Waals surface area contributed by atoms with Gasteiger partial charge in [0, 0.05) is 5.56 Å². The van der Waals surface area contributed by atoms with Crippen molar-refractivity contribution >= 4 is 0 Å². The third-order valence-electron chi connectivity index (χ3n) is 5.10. The Morgan fingerprint density at radius 2 is 1.77 bits per heavy atom. The van der Waals surface area contributed by atoms with E-state index < -0.39 is 34.8 Å². The predicted molar refractivity (Wildman–Crippen MR) is 90.8 cm³/mol. The molecule has 3 rings (SSSR count). The van der Waals surface area contributed by atoms with E-state index in [0.29, 0.717) is 24.0 Å². The number of rotatable bonds is 4. The van der Waals surface area contributed by atoms with E-state index in [4.69, 9.17) is 5.26 Å². The molecule has 2 aromatic carbocycles. The fraction of sp³-hybridized carbons (Fsp3) is 0.381. The maximum atomic E-state index is 14.5. The molecule has 0 bridgehead atoms. The first-order valence-corrected chi connectivity index (χ1v) is 8.83. The van der Waals surface area contributed by atoms with Crippen LogP contribution in [0.2, 0.25) is 0 Å². The van der Waals surface area contributed by atoms with Gasteiger partial charge in [-0.3, -0.25) is 0 Å². The van der Waals surface area contributed by atoms with Gasteiger partial charge in [-0.1, -0.05) is 13.3 Å². The Kier molecular flexibility index (Phi) is 5.31. The summed E-state index contributed by atoms with van der Waals surface area (Å²) in [7, 11) is 0. The Morgan fingerprint density at radius 1 is 1.08 bits per heavy atom. The zero-order chi connectivity index (χ0) is 18.8. The molecule has 0 saturated heterocycles. The minimum Gasteiger partial charge on any atom is -0.207 e. The van der Waals surface area contributed by atoms with E-state index >= 15 is 0 Å². The number of hydrogen-bond donors (Lipinski definition) is 0. The predicted octanol–water partition coefficient (Wildman–Crippen LogP) is 5.73. The second-order valence-electron chi connectivity index (χ2n) is 6.81. The van der Waals surface area contributed by atoms with Crippen LogP contribution < -0.4 is 0 Å². The molecule has 1 aliphatic rings. The van der Waals surface area contributed by atoms with Crippen LogP contribution in [0, 0.1) is 34.6 Å². The molecule has 0 spiro atoms. The normalized spacial score (nSPS) is 16.2. The zero-order valence-electron chi connectivity index (χ0n) is 14.5. The van der Waals surface area contributed by atoms with E-state index in [-0.39, 0.29) is 24.0 Å². The van der Waals surface area contributed by atoms with Crippen molar-refractivity contribution in [2.75, 3.05) is 0 Å². The molecule has 0 N–H and O–H groups in total. The van der Waals surface area contributed by atoms with E-state index in [0.717, 1.165) is 18.9 Å². The van der Waals surface area contributed by atoms with Crippen LogP contribution in [0.15, 0.2) is 18.2 Å². The largest absolute Gasteiger partial charge is 0.207 e. The molecule has 0 aliphatic heterocycles. The summed E-state index contributed by atoms with van der Waals surface area (Å²) < 4.78 is 57.2. The highest BCUT2D eigenvalue weighted by Crippen LogP contribution is 2.37. The van der Waals surface area contributed by atoms with Crippen molar-refractivity contribution in [3.05, 3.63) is 69.3 Å². The quantitative estimate of drug-likeness (QED) is 0.638. The lowest BCUT2D eigenvalue weighted by molar-refractivity contribution is 0.475. The van der Waals surface area contributed by atoms with Crippen molar-refractivity contribution in [2.45, 2.75) is 51.4 Å². The fourth-order valence-corrected chi connectivity index (χ4v) is 3.75. The molecule has 0 radical (unpaired) electrons. The van der Waals surface area contributed by atoms with Gasteiger partial charge < -0.3 is 0 Å². The van der Waals surface area contributed by atoms with Crippen molar-refractivity contribution in [1.82, 2.24) is 0 Å². The molecule has 5 heteroatoms. The molecule has 1 aliphatic carbocycles. The first-order chi connectivity index (χ1) is 12.5. The van der Waals surface area contributed by atoms with Crippen molar-refractivity contribution in [2.24, 2.45) is 0 Å². The molecule has 0 fully saturated rings. The summed E-state index contributed by atoms with van der Waals surface area (Å²) in [5, 5.41) is 8.86. The van der Waals surface area contributed by atoms with Gasteiger partial charge in [0.25, 0.3) is 0 Å². The van der Waals surface area contributed by atoms with Crippen LogP contribution in [0.5, 0.6) is 0 Å². The van der Waals surface area contributed by atoms with E-state index in [2.05, 4.69) is 0 Å². The molecule has 1 atom stereocenters. The SMILES string of the molecule is CCCCc1cc(F)c(C2CCc3c(cc(F)c(C#N)c3F)C2)c(F)c1. The van der Waals surface area contributed by atoms with E-state index in [1.54, 1.807) is 0 Å². The summed E-state index contributed by atoms with van der Waals surface area (Å²) >= 11 is 0. The highest BCUT2D eigenvalue weighted by Gasteiger charge is 2.29. The standard InChI is InChI=1S/C21H19F4N/c1-2-3-4-12-7-18(23)20(19(24)8-12)13-5-6-15-14(9-13)10-17(22)16(11-26)21(15)25/h7-8,10,13H,2-6,9H2,1H3. The van der Waals surface area contributed by atoms with Crippen molar-refractivity contribution in [3.63, 3.8) is 0 Å². The molecule has 0 aromatic heterocycles. The average molecular weight is 361 g/mol. The Bertz CT molecular complexity index is 860. The van der Waals surface area contributed by atoms with Gasteiger partial charge in [-0.2, -0.15) is 5.26 Å². The highest BCUT2D eigenvalue weighted by molar-refractivity contribution is 5.44. The van der Waals surface area contributed by atoms with Gasteiger partial charge in [-0.05, 0) is 72.9 Å². The van der Waals surface area contributed by atoms with Crippen LogP contribution in [0.3, 0.4) is 0 Å². The third kappa shape index (κ3) is 3.33. The van der Waals surface area contributed by atoms with Crippen LogP contribution in [0.1, 0.15) is 59.9 Å². The molecule has 26 heavy (non-hydrogen) atoms. The van der Waals surface area contributed by atoms with Gasteiger partial charge >= 0.3 is 0 Å². The molecule has 0 saturated carbocycles. The summed E-state index contributed by atoms with van der Waals surface area (Å²) in [4.78, 5) is 0. The van der Waals surface area contributed by atoms with E-state index in [1.165, 1.54) is 18.2 Å². The number of benzene rings is 2. The number of aryl methyl sites for hydroxylation is 1. The average Bonchev–Trinajstić information content (AvgIpc) is 2.59. The summed E-state index contributed by atoms with van der Waals surface area (Å²) in [6, 6.07) is 5.38. The first-order valence-electron chi connectivity index (χ1n) is 8.83.